The van der Waals surface area contributed by atoms with Crippen molar-refractivity contribution < 1.29 is 4.74 Å². The Kier molecular flexibility index (Phi) is 5.97. The van der Waals surface area contributed by atoms with Gasteiger partial charge in [0.2, 0.25) is 5.88 Å². The van der Waals surface area contributed by atoms with E-state index in [2.05, 4.69) is 27.2 Å². The summed E-state index contributed by atoms with van der Waals surface area (Å²) in [5, 5.41) is 3.54. The van der Waals surface area contributed by atoms with Gasteiger partial charge in [-0.1, -0.05) is 6.42 Å². The molecular formula is C20H28N4O. The quantitative estimate of drug-likeness (QED) is 0.859. The number of hydrogen-bond donors (Lipinski definition) is 1. The molecule has 25 heavy (non-hydrogen) atoms. The van der Waals surface area contributed by atoms with E-state index in [0.717, 1.165) is 42.3 Å². The van der Waals surface area contributed by atoms with E-state index in [-0.39, 0.29) is 6.04 Å². The van der Waals surface area contributed by atoms with Gasteiger partial charge in [-0.15, -0.1) is 0 Å². The Morgan fingerprint density at radius 2 is 2.00 bits per heavy atom. The molecule has 0 saturated heterocycles. The maximum absolute atomic E-state index is 6.06. The van der Waals surface area contributed by atoms with Crippen molar-refractivity contribution in [3.05, 3.63) is 47.2 Å². The van der Waals surface area contributed by atoms with Crippen molar-refractivity contribution in [1.82, 2.24) is 20.3 Å². The van der Waals surface area contributed by atoms with Crippen LogP contribution in [0.1, 0.15) is 67.7 Å². The van der Waals surface area contributed by atoms with Crippen molar-refractivity contribution in [3.63, 3.8) is 0 Å². The SMILES string of the molecule is Cc1ncc(C(C)NCc2ccnc(OC3CCCCC3)c2)c(C)n1. The highest BCUT2D eigenvalue weighted by Gasteiger charge is 2.15. The van der Waals surface area contributed by atoms with Crippen molar-refractivity contribution in [3.8, 4) is 5.88 Å². The summed E-state index contributed by atoms with van der Waals surface area (Å²) in [4.78, 5) is 13.1. The third-order valence-corrected chi connectivity index (χ3v) is 4.86. The summed E-state index contributed by atoms with van der Waals surface area (Å²) in [5.74, 6) is 1.56. The summed E-state index contributed by atoms with van der Waals surface area (Å²) in [7, 11) is 0. The fraction of sp³-hybridized carbons (Fsp3) is 0.550. The Bertz CT molecular complexity index is 698. The second-order valence-corrected chi connectivity index (χ2v) is 6.94. The lowest BCUT2D eigenvalue weighted by atomic mass is 9.98. The molecule has 1 N–H and O–H groups in total. The predicted octanol–water partition coefficient (Wildman–Crippen LogP) is 4.05. The molecule has 0 bridgehead atoms. The molecule has 1 fully saturated rings. The van der Waals surface area contributed by atoms with Gasteiger partial charge in [-0.05, 0) is 58.1 Å². The van der Waals surface area contributed by atoms with Gasteiger partial charge in [0, 0.05) is 42.3 Å². The molecule has 0 radical (unpaired) electrons. The first kappa shape index (κ1) is 17.8. The first-order valence-electron chi connectivity index (χ1n) is 9.27. The number of rotatable bonds is 6. The molecule has 5 nitrogen and oxygen atoms in total. The highest BCUT2D eigenvalue weighted by atomic mass is 16.5. The van der Waals surface area contributed by atoms with Crippen LogP contribution in [-0.2, 0) is 6.54 Å². The largest absolute Gasteiger partial charge is 0.474 e. The van der Waals surface area contributed by atoms with E-state index < -0.39 is 0 Å². The number of nitrogens with zero attached hydrogens (tertiary/aromatic N) is 3. The van der Waals surface area contributed by atoms with Crippen molar-refractivity contribution in [2.45, 2.75) is 71.6 Å². The van der Waals surface area contributed by atoms with Crippen molar-refractivity contribution >= 4 is 0 Å². The second-order valence-electron chi connectivity index (χ2n) is 6.94. The van der Waals surface area contributed by atoms with Gasteiger partial charge < -0.3 is 10.1 Å². The fourth-order valence-corrected chi connectivity index (χ4v) is 3.38. The summed E-state index contributed by atoms with van der Waals surface area (Å²) in [6.45, 7) is 6.85. The van der Waals surface area contributed by atoms with Gasteiger partial charge in [0.05, 0.1) is 0 Å². The van der Waals surface area contributed by atoms with Crippen LogP contribution in [-0.4, -0.2) is 21.1 Å². The summed E-state index contributed by atoms with van der Waals surface area (Å²) >= 11 is 0. The van der Waals surface area contributed by atoms with E-state index in [1.165, 1.54) is 24.8 Å². The highest BCUT2D eigenvalue weighted by molar-refractivity contribution is 5.23. The van der Waals surface area contributed by atoms with Crippen molar-refractivity contribution in [1.29, 1.82) is 0 Å². The lowest BCUT2D eigenvalue weighted by Crippen LogP contribution is -2.21. The zero-order valence-corrected chi connectivity index (χ0v) is 15.5. The molecule has 0 aliphatic heterocycles. The Morgan fingerprint density at radius 1 is 1.20 bits per heavy atom. The summed E-state index contributed by atoms with van der Waals surface area (Å²) in [6, 6.07) is 4.27. The molecule has 0 spiro atoms. The van der Waals surface area contributed by atoms with E-state index in [1.54, 1.807) is 0 Å². The Balaban J connectivity index is 1.58. The van der Waals surface area contributed by atoms with Crippen LogP contribution in [0.5, 0.6) is 5.88 Å². The van der Waals surface area contributed by atoms with Crippen molar-refractivity contribution in [2.75, 3.05) is 0 Å². The van der Waals surface area contributed by atoms with Gasteiger partial charge in [-0.25, -0.2) is 15.0 Å². The molecule has 1 aliphatic rings. The molecule has 1 saturated carbocycles. The molecule has 0 amide bonds. The monoisotopic (exact) mass is 340 g/mol. The van der Waals surface area contributed by atoms with E-state index >= 15 is 0 Å². The summed E-state index contributed by atoms with van der Waals surface area (Å²) in [6.07, 6.45) is 10.2. The normalized spacial score (nSPS) is 16.6. The van der Waals surface area contributed by atoms with Gasteiger partial charge >= 0.3 is 0 Å². The van der Waals surface area contributed by atoms with Crippen LogP contribution in [0.2, 0.25) is 0 Å². The Hall–Kier alpha value is -2.01. The van der Waals surface area contributed by atoms with Crippen LogP contribution in [0.4, 0.5) is 0 Å². The smallest absolute Gasteiger partial charge is 0.213 e. The zero-order valence-electron chi connectivity index (χ0n) is 15.5. The minimum Gasteiger partial charge on any atom is -0.474 e. The lowest BCUT2D eigenvalue weighted by Gasteiger charge is -2.22. The van der Waals surface area contributed by atoms with Gasteiger partial charge in [-0.3, -0.25) is 0 Å². The minimum atomic E-state index is 0.191. The molecule has 134 valence electrons. The molecule has 1 atom stereocenters. The molecule has 1 unspecified atom stereocenters. The molecule has 2 heterocycles. The number of pyridine rings is 1. The third kappa shape index (κ3) is 4.98. The van der Waals surface area contributed by atoms with Gasteiger partial charge in [0.1, 0.15) is 11.9 Å². The van der Waals surface area contributed by atoms with Crippen LogP contribution in [0.15, 0.2) is 24.5 Å². The predicted molar refractivity (Wildman–Crippen MR) is 98.5 cm³/mol. The van der Waals surface area contributed by atoms with Crippen LogP contribution in [0.25, 0.3) is 0 Å². The van der Waals surface area contributed by atoms with Gasteiger partial charge in [0.25, 0.3) is 0 Å². The Morgan fingerprint density at radius 3 is 2.76 bits per heavy atom. The average Bonchev–Trinajstić information content (AvgIpc) is 2.61. The number of hydrogen-bond acceptors (Lipinski definition) is 5. The van der Waals surface area contributed by atoms with Gasteiger partial charge in [0.15, 0.2) is 0 Å². The first-order chi connectivity index (χ1) is 12.1. The first-order valence-corrected chi connectivity index (χ1v) is 9.27. The topological polar surface area (TPSA) is 59.9 Å². The van der Waals surface area contributed by atoms with Crippen LogP contribution in [0, 0.1) is 13.8 Å². The average molecular weight is 340 g/mol. The van der Waals surface area contributed by atoms with E-state index in [9.17, 15) is 0 Å². The highest BCUT2D eigenvalue weighted by Crippen LogP contribution is 2.23. The number of aromatic nitrogens is 3. The van der Waals surface area contributed by atoms with Gasteiger partial charge in [-0.2, -0.15) is 0 Å². The third-order valence-electron chi connectivity index (χ3n) is 4.86. The molecule has 3 rings (SSSR count). The fourth-order valence-electron chi connectivity index (χ4n) is 3.38. The maximum atomic E-state index is 6.06. The summed E-state index contributed by atoms with van der Waals surface area (Å²) < 4.78 is 6.06. The van der Waals surface area contributed by atoms with Crippen LogP contribution >= 0.6 is 0 Å². The maximum Gasteiger partial charge on any atom is 0.213 e. The van der Waals surface area contributed by atoms with Crippen molar-refractivity contribution in [2.24, 2.45) is 0 Å². The number of ether oxygens (including phenoxy) is 1. The Labute approximate surface area is 150 Å². The molecule has 2 aromatic heterocycles. The number of aryl methyl sites for hydroxylation is 2. The summed E-state index contributed by atoms with van der Waals surface area (Å²) in [5.41, 5.74) is 3.35. The van der Waals surface area contributed by atoms with Crippen LogP contribution < -0.4 is 10.1 Å². The molecule has 0 aromatic carbocycles. The molecule has 2 aromatic rings. The number of nitrogens with one attached hydrogen (secondary N) is 1. The second kappa shape index (κ2) is 8.39. The van der Waals surface area contributed by atoms with Crippen LogP contribution in [0.3, 0.4) is 0 Å². The minimum absolute atomic E-state index is 0.191. The van der Waals surface area contributed by atoms with E-state index in [1.807, 2.05) is 38.4 Å². The standard InChI is InChI=1S/C20H28N4O/c1-14(19-13-23-16(3)24-15(19)2)22-12-17-9-10-21-20(11-17)25-18-7-5-4-6-8-18/h9-11,13-14,18,22H,4-8,12H2,1-3H3. The van der Waals surface area contributed by atoms with E-state index in [0.29, 0.717) is 6.10 Å². The molecule has 1 aliphatic carbocycles. The lowest BCUT2D eigenvalue weighted by molar-refractivity contribution is 0.148. The zero-order chi connectivity index (χ0) is 17.6. The van der Waals surface area contributed by atoms with E-state index in [4.69, 9.17) is 4.74 Å². The molecule has 5 heteroatoms. The molecular weight excluding hydrogens is 312 g/mol.